The van der Waals surface area contributed by atoms with Crippen molar-refractivity contribution in [3.63, 3.8) is 0 Å². The van der Waals surface area contributed by atoms with Crippen LogP contribution < -0.4 is 0 Å². The minimum Gasteiger partial charge on any atom is -0.508 e. The van der Waals surface area contributed by atoms with Crippen LogP contribution in [-0.2, 0) is 6.54 Å². The standard InChI is InChI=1S/C17H23NO/c1-4-13(3)18(5-2)12-16-15-9-7-6-8-14(15)10-11-17(16)19/h6-11,13,19H,4-5,12H2,1-3H3. The second kappa shape index (κ2) is 6.07. The fourth-order valence-corrected chi connectivity index (χ4v) is 2.53. The third-order valence-electron chi connectivity index (χ3n) is 4.00. The minimum absolute atomic E-state index is 0.403. The molecule has 2 nitrogen and oxygen atoms in total. The minimum atomic E-state index is 0.403. The molecule has 102 valence electrons. The zero-order valence-electron chi connectivity index (χ0n) is 12.1. The maximum atomic E-state index is 10.2. The molecule has 0 radical (unpaired) electrons. The van der Waals surface area contributed by atoms with Gasteiger partial charge in [-0.2, -0.15) is 0 Å². The van der Waals surface area contributed by atoms with Crippen molar-refractivity contribution >= 4 is 10.8 Å². The van der Waals surface area contributed by atoms with Gasteiger partial charge in [-0.25, -0.2) is 0 Å². The second-order valence-electron chi connectivity index (χ2n) is 5.10. The van der Waals surface area contributed by atoms with E-state index in [0.29, 0.717) is 11.8 Å². The number of nitrogens with zero attached hydrogens (tertiary/aromatic N) is 1. The highest BCUT2D eigenvalue weighted by atomic mass is 16.3. The Morgan fingerprint density at radius 2 is 1.84 bits per heavy atom. The van der Waals surface area contributed by atoms with E-state index in [1.807, 2.05) is 24.3 Å². The molecule has 1 unspecified atom stereocenters. The molecule has 2 heteroatoms. The molecule has 2 aromatic carbocycles. The van der Waals surface area contributed by atoms with Crippen LogP contribution in [0.15, 0.2) is 36.4 Å². The third kappa shape index (κ3) is 2.90. The summed E-state index contributed by atoms with van der Waals surface area (Å²) >= 11 is 0. The summed E-state index contributed by atoms with van der Waals surface area (Å²) in [4.78, 5) is 2.40. The van der Waals surface area contributed by atoms with Gasteiger partial charge in [0.2, 0.25) is 0 Å². The summed E-state index contributed by atoms with van der Waals surface area (Å²) in [6, 6.07) is 12.6. The number of hydrogen-bond acceptors (Lipinski definition) is 2. The van der Waals surface area contributed by atoms with E-state index in [1.165, 1.54) is 5.39 Å². The van der Waals surface area contributed by atoms with Crippen LogP contribution in [-0.4, -0.2) is 22.6 Å². The highest BCUT2D eigenvalue weighted by Gasteiger charge is 2.14. The summed E-state index contributed by atoms with van der Waals surface area (Å²) in [6.45, 7) is 8.42. The molecule has 0 aliphatic rings. The van der Waals surface area contributed by atoms with Crippen molar-refractivity contribution in [1.82, 2.24) is 4.90 Å². The summed E-state index contributed by atoms with van der Waals surface area (Å²) in [6.07, 6.45) is 1.12. The molecule has 19 heavy (non-hydrogen) atoms. The van der Waals surface area contributed by atoms with E-state index in [2.05, 4.69) is 37.8 Å². The van der Waals surface area contributed by atoms with Crippen molar-refractivity contribution in [2.45, 2.75) is 39.8 Å². The molecule has 0 saturated carbocycles. The van der Waals surface area contributed by atoms with Crippen molar-refractivity contribution in [2.24, 2.45) is 0 Å². The van der Waals surface area contributed by atoms with Crippen LogP contribution >= 0.6 is 0 Å². The Morgan fingerprint density at radius 3 is 2.53 bits per heavy atom. The van der Waals surface area contributed by atoms with Gasteiger partial charge in [0.05, 0.1) is 0 Å². The topological polar surface area (TPSA) is 23.5 Å². The number of phenols is 1. The lowest BCUT2D eigenvalue weighted by Gasteiger charge is -2.27. The van der Waals surface area contributed by atoms with E-state index in [0.717, 1.165) is 30.5 Å². The summed E-state index contributed by atoms with van der Waals surface area (Å²) in [7, 11) is 0. The Bertz CT molecular complexity index is 550. The molecule has 0 amide bonds. The lowest BCUT2D eigenvalue weighted by atomic mass is 10.0. The summed E-state index contributed by atoms with van der Waals surface area (Å²) in [5.41, 5.74) is 1.04. The molecule has 2 rings (SSSR count). The van der Waals surface area contributed by atoms with Gasteiger partial charge in [-0.1, -0.05) is 44.2 Å². The fraction of sp³-hybridized carbons (Fsp3) is 0.412. The average Bonchev–Trinajstić information content (AvgIpc) is 2.45. The number of rotatable bonds is 5. The number of phenolic OH excluding ortho intramolecular Hbond substituents is 1. The van der Waals surface area contributed by atoms with Crippen LogP contribution in [0.2, 0.25) is 0 Å². The average molecular weight is 257 g/mol. The number of aromatic hydroxyl groups is 1. The first-order valence-corrected chi connectivity index (χ1v) is 7.11. The van der Waals surface area contributed by atoms with E-state index in [-0.39, 0.29) is 0 Å². The monoisotopic (exact) mass is 257 g/mol. The highest BCUT2D eigenvalue weighted by Crippen LogP contribution is 2.28. The van der Waals surface area contributed by atoms with Gasteiger partial charge < -0.3 is 5.11 Å². The first kappa shape index (κ1) is 13.9. The van der Waals surface area contributed by atoms with Crippen LogP contribution in [0.3, 0.4) is 0 Å². The van der Waals surface area contributed by atoms with E-state index in [1.54, 1.807) is 0 Å². The van der Waals surface area contributed by atoms with Crippen molar-refractivity contribution in [2.75, 3.05) is 6.54 Å². The van der Waals surface area contributed by atoms with Crippen LogP contribution in [0.5, 0.6) is 5.75 Å². The van der Waals surface area contributed by atoms with E-state index in [9.17, 15) is 5.11 Å². The zero-order chi connectivity index (χ0) is 13.8. The van der Waals surface area contributed by atoms with Crippen LogP contribution in [0.1, 0.15) is 32.8 Å². The lowest BCUT2D eigenvalue weighted by molar-refractivity contribution is 0.204. The predicted molar refractivity (Wildman–Crippen MR) is 81.4 cm³/mol. The molecule has 0 fully saturated rings. The number of benzene rings is 2. The van der Waals surface area contributed by atoms with Crippen LogP contribution in [0.4, 0.5) is 0 Å². The smallest absolute Gasteiger partial charge is 0.120 e. The van der Waals surface area contributed by atoms with E-state index < -0.39 is 0 Å². The van der Waals surface area contributed by atoms with Gasteiger partial charge in [0, 0.05) is 18.2 Å². The van der Waals surface area contributed by atoms with Gasteiger partial charge in [0.15, 0.2) is 0 Å². The Labute approximate surface area is 115 Å². The quantitative estimate of drug-likeness (QED) is 0.869. The van der Waals surface area contributed by atoms with Gasteiger partial charge in [-0.05, 0) is 36.7 Å². The Kier molecular flexibility index (Phi) is 4.43. The Hall–Kier alpha value is -1.54. The highest BCUT2D eigenvalue weighted by molar-refractivity contribution is 5.87. The number of fused-ring (bicyclic) bond motifs is 1. The van der Waals surface area contributed by atoms with Crippen LogP contribution in [0, 0.1) is 0 Å². The van der Waals surface area contributed by atoms with Crippen molar-refractivity contribution in [3.05, 3.63) is 42.0 Å². The molecular formula is C17H23NO. The normalized spacial score (nSPS) is 13.1. The third-order valence-corrected chi connectivity index (χ3v) is 4.00. The van der Waals surface area contributed by atoms with Gasteiger partial charge in [-0.15, -0.1) is 0 Å². The molecule has 2 aromatic rings. The van der Waals surface area contributed by atoms with Crippen LogP contribution in [0.25, 0.3) is 10.8 Å². The molecule has 1 N–H and O–H groups in total. The van der Waals surface area contributed by atoms with Crippen molar-refractivity contribution in [1.29, 1.82) is 0 Å². The van der Waals surface area contributed by atoms with Gasteiger partial charge in [0.1, 0.15) is 5.75 Å². The molecule has 0 aromatic heterocycles. The second-order valence-corrected chi connectivity index (χ2v) is 5.10. The van der Waals surface area contributed by atoms with Gasteiger partial charge >= 0.3 is 0 Å². The van der Waals surface area contributed by atoms with Gasteiger partial charge in [-0.3, -0.25) is 4.90 Å². The van der Waals surface area contributed by atoms with E-state index in [4.69, 9.17) is 0 Å². The summed E-state index contributed by atoms with van der Waals surface area (Å²) in [5.74, 6) is 0.403. The van der Waals surface area contributed by atoms with Crippen molar-refractivity contribution < 1.29 is 5.11 Å². The SMILES string of the molecule is CCC(C)N(CC)Cc1c(O)ccc2ccccc12. The molecule has 0 heterocycles. The molecule has 0 aliphatic carbocycles. The maximum Gasteiger partial charge on any atom is 0.120 e. The summed E-state index contributed by atoms with van der Waals surface area (Å²) in [5, 5.41) is 12.5. The molecular weight excluding hydrogens is 234 g/mol. The zero-order valence-corrected chi connectivity index (χ0v) is 12.1. The number of hydrogen-bond donors (Lipinski definition) is 1. The first-order chi connectivity index (χ1) is 9.17. The van der Waals surface area contributed by atoms with Gasteiger partial charge in [0.25, 0.3) is 0 Å². The molecule has 0 saturated heterocycles. The fourth-order valence-electron chi connectivity index (χ4n) is 2.53. The van der Waals surface area contributed by atoms with Crippen molar-refractivity contribution in [3.8, 4) is 5.75 Å². The van der Waals surface area contributed by atoms with E-state index >= 15 is 0 Å². The molecule has 0 spiro atoms. The summed E-state index contributed by atoms with van der Waals surface area (Å²) < 4.78 is 0. The predicted octanol–water partition coefficient (Wildman–Crippen LogP) is 4.17. The molecule has 0 aliphatic heterocycles. The largest absolute Gasteiger partial charge is 0.508 e. The first-order valence-electron chi connectivity index (χ1n) is 7.11. The molecule has 0 bridgehead atoms. The Morgan fingerprint density at radius 1 is 1.11 bits per heavy atom. The molecule has 1 atom stereocenters. The maximum absolute atomic E-state index is 10.2. The Balaban J connectivity index is 2.41. The lowest BCUT2D eigenvalue weighted by Crippen LogP contribution is -2.31.